The van der Waals surface area contributed by atoms with Crippen LogP contribution >= 0.6 is 11.6 Å². The van der Waals surface area contributed by atoms with Gasteiger partial charge in [-0.15, -0.1) is 0 Å². The molecule has 0 radical (unpaired) electrons. The van der Waals surface area contributed by atoms with E-state index in [0.717, 1.165) is 4.90 Å². The summed E-state index contributed by atoms with van der Waals surface area (Å²) < 4.78 is 5.20. The molecule has 2 aliphatic heterocycles. The van der Waals surface area contributed by atoms with Crippen LogP contribution in [0.5, 0.6) is 5.75 Å². The number of ether oxygens (including phenoxy) is 1. The Morgan fingerprint density at radius 3 is 2.72 bits per heavy atom. The van der Waals surface area contributed by atoms with Crippen molar-refractivity contribution in [1.82, 2.24) is 5.01 Å². The number of nitrogens with one attached hydrogen (secondary N) is 1. The molecule has 29 heavy (non-hydrogen) atoms. The Hall–Kier alpha value is -3.46. The second-order valence-electron chi connectivity index (χ2n) is 6.43. The molecule has 0 spiro atoms. The molecule has 0 aliphatic carbocycles. The highest BCUT2D eigenvalue weighted by Crippen LogP contribution is 2.32. The summed E-state index contributed by atoms with van der Waals surface area (Å²) >= 11 is 5.97. The third-order valence-electron chi connectivity index (χ3n) is 4.61. The summed E-state index contributed by atoms with van der Waals surface area (Å²) in [6, 6.07) is 11.4. The van der Waals surface area contributed by atoms with Crippen LogP contribution in [-0.4, -0.2) is 48.5 Å². The predicted molar refractivity (Wildman–Crippen MR) is 105 cm³/mol. The monoisotopic (exact) mass is 413 g/mol. The average Bonchev–Trinajstić information content (AvgIpc) is 3.22. The number of imide groups is 1. The molecule has 0 saturated carbocycles. The van der Waals surface area contributed by atoms with Crippen molar-refractivity contribution in [3.8, 4) is 5.75 Å². The largest absolute Gasteiger partial charge is 0.495 e. The smallest absolute Gasteiger partial charge is 0.263 e. The molecule has 148 valence electrons. The van der Waals surface area contributed by atoms with Gasteiger partial charge in [-0.25, -0.2) is 4.90 Å². The van der Waals surface area contributed by atoms with Gasteiger partial charge in [0.05, 0.1) is 18.5 Å². The van der Waals surface area contributed by atoms with E-state index >= 15 is 0 Å². The molecular formula is C19H16ClN5O4. The van der Waals surface area contributed by atoms with Crippen LogP contribution in [0.15, 0.2) is 58.9 Å². The Morgan fingerprint density at radius 2 is 1.97 bits per heavy atom. The second-order valence-corrected chi connectivity index (χ2v) is 6.87. The SMILES string of the molecule is COc1ccccc1NC(=O)CN1N=N[C@H]2C(=O)N(c3cccc(Cl)c3)C(=O)[C@H]21. The van der Waals surface area contributed by atoms with Gasteiger partial charge in [0.2, 0.25) is 5.91 Å². The lowest BCUT2D eigenvalue weighted by molar-refractivity contribution is -0.123. The molecule has 10 heteroatoms. The lowest BCUT2D eigenvalue weighted by Gasteiger charge is -2.20. The van der Waals surface area contributed by atoms with Crippen LogP contribution in [0.1, 0.15) is 0 Å². The summed E-state index contributed by atoms with van der Waals surface area (Å²) in [6.07, 6.45) is 0. The van der Waals surface area contributed by atoms with Gasteiger partial charge in [-0.2, -0.15) is 5.11 Å². The van der Waals surface area contributed by atoms with E-state index in [4.69, 9.17) is 16.3 Å². The van der Waals surface area contributed by atoms with Gasteiger partial charge >= 0.3 is 0 Å². The standard InChI is InChI=1S/C19H16ClN5O4/c1-29-14-8-3-2-7-13(14)21-15(26)10-24-17-16(22-23-24)18(27)25(19(17)28)12-6-4-5-11(20)9-12/h2-9,16-17H,10H2,1H3,(H,21,26)/t16-,17+/m1/s1. The molecule has 9 nitrogen and oxygen atoms in total. The Kier molecular flexibility index (Phi) is 4.89. The van der Waals surface area contributed by atoms with Gasteiger partial charge in [0.25, 0.3) is 11.8 Å². The van der Waals surface area contributed by atoms with Crippen molar-refractivity contribution in [3.63, 3.8) is 0 Å². The van der Waals surface area contributed by atoms with Crippen LogP contribution in [0.2, 0.25) is 5.02 Å². The fourth-order valence-corrected chi connectivity index (χ4v) is 3.49. The van der Waals surface area contributed by atoms with Crippen molar-refractivity contribution >= 4 is 40.7 Å². The number of anilines is 2. The van der Waals surface area contributed by atoms with Gasteiger partial charge in [0, 0.05) is 5.02 Å². The average molecular weight is 414 g/mol. The zero-order chi connectivity index (χ0) is 20.5. The lowest BCUT2D eigenvalue weighted by Crippen LogP contribution is -2.43. The maximum absolute atomic E-state index is 12.9. The lowest BCUT2D eigenvalue weighted by atomic mass is 10.1. The summed E-state index contributed by atoms with van der Waals surface area (Å²) in [5, 5.41) is 12.1. The number of amides is 3. The van der Waals surface area contributed by atoms with E-state index in [9.17, 15) is 14.4 Å². The fraction of sp³-hybridized carbons (Fsp3) is 0.211. The summed E-state index contributed by atoms with van der Waals surface area (Å²) in [4.78, 5) is 39.1. The van der Waals surface area contributed by atoms with Crippen LogP contribution in [0.4, 0.5) is 11.4 Å². The van der Waals surface area contributed by atoms with Crippen LogP contribution in [0.25, 0.3) is 0 Å². The first-order valence-corrected chi connectivity index (χ1v) is 9.11. The van der Waals surface area contributed by atoms with E-state index in [0.29, 0.717) is 22.1 Å². The Labute approximate surface area is 170 Å². The van der Waals surface area contributed by atoms with Crippen molar-refractivity contribution in [1.29, 1.82) is 0 Å². The van der Waals surface area contributed by atoms with Crippen molar-refractivity contribution < 1.29 is 19.1 Å². The molecule has 1 N–H and O–H groups in total. The number of fused-ring (bicyclic) bond motifs is 1. The Bertz CT molecular complexity index is 1030. The Balaban J connectivity index is 1.50. The minimum Gasteiger partial charge on any atom is -0.495 e. The fourth-order valence-electron chi connectivity index (χ4n) is 3.31. The number of methoxy groups -OCH3 is 1. The number of rotatable bonds is 5. The summed E-state index contributed by atoms with van der Waals surface area (Å²) in [7, 11) is 1.50. The highest BCUT2D eigenvalue weighted by molar-refractivity contribution is 6.31. The zero-order valence-corrected chi connectivity index (χ0v) is 16.0. The molecule has 2 aromatic carbocycles. The topological polar surface area (TPSA) is 104 Å². The van der Waals surface area contributed by atoms with E-state index in [2.05, 4.69) is 15.7 Å². The molecule has 0 aromatic heterocycles. The normalized spacial score (nSPS) is 20.2. The third kappa shape index (κ3) is 3.40. The third-order valence-corrected chi connectivity index (χ3v) is 4.85. The minimum absolute atomic E-state index is 0.245. The molecule has 2 aliphatic rings. The molecular weight excluding hydrogens is 398 g/mol. The molecule has 1 saturated heterocycles. The van der Waals surface area contributed by atoms with Crippen LogP contribution in [0, 0.1) is 0 Å². The van der Waals surface area contributed by atoms with Gasteiger partial charge in [-0.05, 0) is 30.3 Å². The zero-order valence-electron chi connectivity index (χ0n) is 15.3. The summed E-state index contributed by atoms with van der Waals surface area (Å²) in [5.41, 5.74) is 0.845. The number of benzene rings is 2. The number of halogens is 1. The number of para-hydroxylation sites is 2. The van der Waals surface area contributed by atoms with Gasteiger partial charge in [0.1, 0.15) is 12.3 Å². The molecule has 2 atom stereocenters. The van der Waals surface area contributed by atoms with Gasteiger partial charge in [0.15, 0.2) is 12.1 Å². The first-order chi connectivity index (χ1) is 14.0. The Morgan fingerprint density at radius 1 is 1.17 bits per heavy atom. The van der Waals surface area contributed by atoms with Crippen molar-refractivity contribution in [2.75, 3.05) is 23.9 Å². The number of carbonyl (C=O) groups is 3. The van der Waals surface area contributed by atoms with E-state index < -0.39 is 29.8 Å². The van der Waals surface area contributed by atoms with Crippen LogP contribution in [-0.2, 0) is 14.4 Å². The quantitative estimate of drug-likeness (QED) is 0.757. The van der Waals surface area contributed by atoms with Gasteiger partial charge in [-0.1, -0.05) is 35.0 Å². The molecule has 0 unspecified atom stereocenters. The summed E-state index contributed by atoms with van der Waals surface area (Å²) in [6.45, 7) is -0.245. The van der Waals surface area contributed by atoms with Crippen LogP contribution in [0.3, 0.4) is 0 Å². The molecule has 4 rings (SSSR count). The van der Waals surface area contributed by atoms with E-state index in [1.807, 2.05) is 0 Å². The summed E-state index contributed by atoms with van der Waals surface area (Å²) in [5.74, 6) is -0.924. The predicted octanol–water partition coefficient (Wildman–Crippen LogP) is 2.28. The van der Waals surface area contributed by atoms with Crippen molar-refractivity contribution in [2.45, 2.75) is 12.1 Å². The molecule has 2 heterocycles. The molecule has 3 amide bonds. The van der Waals surface area contributed by atoms with E-state index in [-0.39, 0.29) is 6.54 Å². The maximum atomic E-state index is 12.9. The van der Waals surface area contributed by atoms with Gasteiger partial charge < -0.3 is 10.1 Å². The number of hydrogen-bond acceptors (Lipinski definition) is 7. The highest BCUT2D eigenvalue weighted by atomic mass is 35.5. The van der Waals surface area contributed by atoms with Crippen LogP contribution < -0.4 is 15.0 Å². The molecule has 1 fully saturated rings. The molecule has 0 bridgehead atoms. The highest BCUT2D eigenvalue weighted by Gasteiger charge is 2.55. The number of carbonyl (C=O) groups excluding carboxylic acids is 3. The molecule has 2 aromatic rings. The minimum atomic E-state index is -0.986. The number of hydrogen-bond donors (Lipinski definition) is 1. The van der Waals surface area contributed by atoms with Crippen molar-refractivity contribution in [2.24, 2.45) is 10.3 Å². The van der Waals surface area contributed by atoms with E-state index in [1.165, 1.54) is 18.2 Å². The van der Waals surface area contributed by atoms with Crippen molar-refractivity contribution in [3.05, 3.63) is 53.6 Å². The first-order valence-electron chi connectivity index (χ1n) is 8.73. The maximum Gasteiger partial charge on any atom is 0.263 e. The van der Waals surface area contributed by atoms with E-state index in [1.54, 1.807) is 42.5 Å². The number of nitrogens with zero attached hydrogens (tertiary/aromatic N) is 4. The second kappa shape index (κ2) is 7.51. The first kappa shape index (κ1) is 18.9. The van der Waals surface area contributed by atoms with Gasteiger partial charge in [-0.3, -0.25) is 19.4 Å².